The first kappa shape index (κ1) is 51.7. The van der Waals surface area contributed by atoms with Crippen LogP contribution in [-0.2, 0) is 9.47 Å². The van der Waals surface area contributed by atoms with Crippen molar-refractivity contribution in [2.24, 2.45) is 0 Å². The molecule has 2 aromatic carbocycles. The van der Waals surface area contributed by atoms with E-state index in [-0.39, 0.29) is 0 Å². The number of hydrogen-bond acceptors (Lipinski definition) is 4. The molecule has 0 aliphatic carbocycles. The van der Waals surface area contributed by atoms with Crippen LogP contribution < -0.4 is 0 Å². The van der Waals surface area contributed by atoms with Crippen LogP contribution in [0, 0.1) is 0 Å². The first-order valence-electron chi connectivity index (χ1n) is 14.9. The summed E-state index contributed by atoms with van der Waals surface area (Å²) in [4.78, 5) is 25.3. The zero-order valence-corrected chi connectivity index (χ0v) is 27.9. The maximum atomic E-state index is 14.1. The van der Waals surface area contributed by atoms with Gasteiger partial charge in [-0.05, 0) is 23.3 Å². The van der Waals surface area contributed by atoms with Crippen LogP contribution in [0.15, 0.2) is 48.5 Å². The minimum Gasteiger partial charge on any atom is -0.462 e. The maximum Gasteiger partial charge on any atom is 0.460 e. The first-order valence-corrected chi connectivity index (χ1v) is 14.9. The van der Waals surface area contributed by atoms with Crippen molar-refractivity contribution in [1.82, 2.24) is 0 Å². The Kier molecular flexibility index (Phi) is 13.6. The third kappa shape index (κ3) is 8.29. The number of halogens is 26. The van der Waals surface area contributed by atoms with E-state index in [2.05, 4.69) is 9.47 Å². The Bertz CT molecular complexity index is 1730. The van der Waals surface area contributed by atoms with E-state index in [9.17, 15) is 124 Å². The molecule has 4 nitrogen and oxygen atoms in total. The minimum absolute atomic E-state index is 0.612. The lowest BCUT2D eigenvalue weighted by Crippen LogP contribution is -2.70. The van der Waals surface area contributed by atoms with Crippen molar-refractivity contribution in [3.63, 3.8) is 0 Å². The molecule has 60 heavy (non-hydrogen) atoms. The van der Waals surface area contributed by atoms with Crippen LogP contribution in [0.5, 0.6) is 0 Å². The van der Waals surface area contributed by atoms with Crippen LogP contribution in [0.4, 0.5) is 114 Å². The molecule has 0 atom stereocenters. The van der Waals surface area contributed by atoms with Crippen molar-refractivity contribution in [3.8, 4) is 11.1 Å². The second kappa shape index (κ2) is 15.8. The lowest BCUT2D eigenvalue weighted by Gasteiger charge is -2.39. The van der Waals surface area contributed by atoms with Gasteiger partial charge in [0.05, 0.1) is 37.2 Å². The number of carbonyl (C=O) groups excluding carboxylic acids is 2. The van der Waals surface area contributed by atoms with E-state index in [4.69, 9.17) is 0 Å². The number of ether oxygens (including phenoxy) is 2. The Morgan fingerprint density at radius 3 is 0.833 bits per heavy atom. The monoisotopic (exact) mass is 934 g/mol. The number of hydrogen-bond donors (Lipinski definition) is 0. The van der Waals surface area contributed by atoms with E-state index >= 15 is 0 Å². The molecule has 0 fully saturated rings. The van der Waals surface area contributed by atoms with Gasteiger partial charge in [-0.2, -0.15) is 114 Å². The minimum atomic E-state index is -8.23. The Balaban J connectivity index is 2.33. The van der Waals surface area contributed by atoms with Gasteiger partial charge in [-0.25, -0.2) is 9.59 Å². The molecule has 0 saturated carbocycles. The predicted octanol–water partition coefficient (Wildman–Crippen LogP) is 11.9. The van der Waals surface area contributed by atoms with E-state index in [1.54, 1.807) is 0 Å². The van der Waals surface area contributed by atoms with Crippen molar-refractivity contribution in [1.29, 1.82) is 0 Å². The summed E-state index contributed by atoms with van der Waals surface area (Å²) in [6.07, 6.45) is -21.4. The zero-order valence-electron chi connectivity index (χ0n) is 27.9. The average molecular weight is 934 g/mol. The third-order valence-corrected chi connectivity index (χ3v) is 7.88. The fourth-order valence-corrected chi connectivity index (χ4v) is 4.41. The first-order chi connectivity index (χ1) is 26.5. The van der Waals surface area contributed by atoms with Gasteiger partial charge in [-0.3, -0.25) is 0 Å². The Labute approximate surface area is 314 Å². The smallest absolute Gasteiger partial charge is 0.460 e. The third-order valence-electron chi connectivity index (χ3n) is 7.88. The second-order valence-electron chi connectivity index (χ2n) is 11.9. The summed E-state index contributed by atoms with van der Waals surface area (Å²) in [5, 5.41) is 0. The van der Waals surface area contributed by atoms with Crippen LogP contribution in [0.2, 0.25) is 0 Å². The van der Waals surface area contributed by atoms with E-state index in [1.165, 1.54) is 0 Å². The van der Waals surface area contributed by atoms with Gasteiger partial charge >= 0.3 is 83.5 Å². The zero-order chi connectivity index (χ0) is 47.4. The molecule has 342 valence electrons. The number of carbonyl (C=O) groups is 2. The van der Waals surface area contributed by atoms with Crippen molar-refractivity contribution >= 4 is 11.9 Å². The fourth-order valence-electron chi connectivity index (χ4n) is 4.41. The average Bonchev–Trinajstić information content (AvgIpc) is 3.09. The largest absolute Gasteiger partial charge is 0.462 e. The molecule has 0 unspecified atom stereocenters. The Hall–Kier alpha value is -4.44. The molecule has 0 heterocycles. The van der Waals surface area contributed by atoms with Crippen molar-refractivity contribution in [2.45, 2.75) is 84.4 Å². The van der Waals surface area contributed by atoms with Gasteiger partial charge in [0, 0.05) is 0 Å². The quantitative estimate of drug-likeness (QED) is 0.117. The summed E-state index contributed by atoms with van der Waals surface area (Å²) in [7, 11) is 0. The molecule has 0 aliphatic rings. The molecule has 0 radical (unpaired) electrons. The molecule has 0 aromatic heterocycles. The molecule has 0 saturated heterocycles. The molecule has 0 spiro atoms. The summed E-state index contributed by atoms with van der Waals surface area (Å²) < 4.78 is 355. The van der Waals surface area contributed by atoms with Gasteiger partial charge in [0.1, 0.15) is 0 Å². The van der Waals surface area contributed by atoms with Gasteiger partial charge in [-0.15, -0.1) is 0 Å². The Morgan fingerprint density at radius 1 is 0.350 bits per heavy atom. The van der Waals surface area contributed by atoms with Crippen LogP contribution >= 0.6 is 0 Å². The molecule has 2 rings (SSSR count). The van der Waals surface area contributed by atoms with Crippen LogP contribution in [-0.4, -0.2) is 96.7 Å². The molecule has 0 amide bonds. The van der Waals surface area contributed by atoms with Gasteiger partial charge in [0.15, 0.2) is 0 Å². The van der Waals surface area contributed by atoms with Gasteiger partial charge < -0.3 is 9.47 Å². The highest BCUT2D eigenvalue weighted by Gasteiger charge is 2.92. The van der Waals surface area contributed by atoms with Crippen molar-refractivity contribution < 1.29 is 133 Å². The summed E-state index contributed by atoms with van der Waals surface area (Å²) in [5.74, 6) is -81.7. The summed E-state index contributed by atoms with van der Waals surface area (Å²) in [6, 6.07) is 6.37. The van der Waals surface area contributed by atoms with Gasteiger partial charge in [0.2, 0.25) is 0 Å². The highest BCUT2D eigenvalue weighted by Crippen LogP contribution is 2.62. The predicted molar refractivity (Wildman–Crippen MR) is 143 cm³/mol. The molecule has 0 N–H and O–H groups in total. The number of esters is 2. The molecular weight excluding hydrogens is 918 g/mol. The fraction of sp³-hybridized carbons (Fsp3) is 0.533. The lowest BCUT2D eigenvalue weighted by atomic mass is 9.92. The molecule has 2 aromatic rings. The Morgan fingerprint density at radius 2 is 0.583 bits per heavy atom. The standard InChI is InChI=1S/C30H16F26O4/c31-19(32,21(35,36)23(39,40)25(43,44)27(47,48)29(51,52)53)9-11-59-17(57)15-7-3-1-5-13(15)14-6-2-4-8-16(14)18(58)60-12-10-20(33,34)22(37,38)24(41,42)26(45,46)28(49,50)30(54,55)56/h1-8H,9-12H2. The summed E-state index contributed by atoms with van der Waals surface area (Å²) >= 11 is 0. The topological polar surface area (TPSA) is 52.6 Å². The molecule has 0 aliphatic heterocycles. The number of alkyl halides is 26. The molecule has 0 bridgehead atoms. The van der Waals surface area contributed by atoms with Gasteiger partial charge in [0.25, 0.3) is 0 Å². The van der Waals surface area contributed by atoms with Crippen molar-refractivity contribution in [2.75, 3.05) is 13.2 Å². The highest BCUT2D eigenvalue weighted by molar-refractivity contribution is 6.03. The van der Waals surface area contributed by atoms with Crippen LogP contribution in [0.1, 0.15) is 33.6 Å². The highest BCUT2D eigenvalue weighted by atomic mass is 19.4. The number of benzene rings is 2. The maximum absolute atomic E-state index is 14.1. The lowest BCUT2D eigenvalue weighted by molar-refractivity contribution is -0.440. The second-order valence-corrected chi connectivity index (χ2v) is 11.9. The van der Waals surface area contributed by atoms with E-state index < -0.39 is 132 Å². The van der Waals surface area contributed by atoms with E-state index in [1.807, 2.05) is 0 Å². The van der Waals surface area contributed by atoms with E-state index in [0.717, 1.165) is 36.4 Å². The number of rotatable bonds is 17. The SMILES string of the molecule is O=C(OCCC(F)(F)C(F)(F)C(F)(F)C(F)(F)C(F)(F)C(F)(F)F)c1ccccc1-c1ccccc1C(=O)OCCC(F)(F)C(F)(F)C(F)(F)C(F)(F)C(F)(F)C(F)(F)F. The normalized spacial score (nSPS) is 14.9. The van der Waals surface area contributed by atoms with E-state index in [0.29, 0.717) is 12.1 Å². The molecular formula is C30H16F26O4. The van der Waals surface area contributed by atoms with Crippen LogP contribution in [0.3, 0.4) is 0 Å². The summed E-state index contributed by atoms with van der Waals surface area (Å²) in [5.41, 5.74) is -3.40. The summed E-state index contributed by atoms with van der Waals surface area (Å²) in [6.45, 7) is -4.51. The van der Waals surface area contributed by atoms with Gasteiger partial charge in [-0.1, -0.05) is 36.4 Å². The molecule has 30 heteroatoms. The van der Waals surface area contributed by atoms with Crippen LogP contribution in [0.25, 0.3) is 11.1 Å². The van der Waals surface area contributed by atoms with Crippen molar-refractivity contribution in [3.05, 3.63) is 59.7 Å².